The second kappa shape index (κ2) is 16.9. The Kier molecular flexibility index (Phi) is 13.6. The molecule has 0 fully saturated rings. The van der Waals surface area contributed by atoms with Crippen LogP contribution in [0.2, 0.25) is 0 Å². The van der Waals surface area contributed by atoms with Gasteiger partial charge in [0.2, 0.25) is 0 Å². The summed E-state index contributed by atoms with van der Waals surface area (Å²) in [7, 11) is 1.71. The molecule has 38 heavy (non-hydrogen) atoms. The first-order chi connectivity index (χ1) is 18.3. The van der Waals surface area contributed by atoms with Crippen LogP contribution >= 0.6 is 0 Å². The molecule has 3 nitrogen and oxygen atoms in total. The van der Waals surface area contributed by atoms with E-state index in [0.717, 1.165) is 42.4 Å². The number of aryl methyl sites for hydroxylation is 1. The lowest BCUT2D eigenvalue weighted by atomic mass is 9.96. The maximum Gasteiger partial charge on any atom is 0.0991 e. The van der Waals surface area contributed by atoms with E-state index in [4.69, 9.17) is 0 Å². The summed E-state index contributed by atoms with van der Waals surface area (Å²) in [6.45, 7) is 10.1. The Morgan fingerprint density at radius 2 is 1.84 bits per heavy atom. The van der Waals surface area contributed by atoms with Crippen LogP contribution in [-0.2, 0) is 6.42 Å². The van der Waals surface area contributed by atoms with Crippen LogP contribution in [0.3, 0.4) is 0 Å². The zero-order valence-electron chi connectivity index (χ0n) is 23.5. The molecule has 0 aliphatic rings. The van der Waals surface area contributed by atoms with Gasteiger partial charge in [0.05, 0.1) is 17.7 Å². The highest BCUT2D eigenvalue weighted by Crippen LogP contribution is 2.22. The maximum absolute atomic E-state index is 10.4. The van der Waals surface area contributed by atoms with E-state index in [1.807, 2.05) is 31.2 Å². The van der Waals surface area contributed by atoms with E-state index >= 15 is 0 Å². The molecule has 1 N–H and O–H groups in total. The van der Waals surface area contributed by atoms with Crippen molar-refractivity contribution in [3.8, 4) is 6.07 Å². The highest BCUT2D eigenvalue weighted by atomic mass is 16.3. The van der Waals surface area contributed by atoms with Crippen LogP contribution in [-0.4, -0.2) is 24.5 Å². The van der Waals surface area contributed by atoms with E-state index in [1.54, 1.807) is 13.3 Å². The lowest BCUT2D eigenvalue weighted by Crippen LogP contribution is -2.11. The molecule has 198 valence electrons. The molecular weight excluding hydrogens is 464 g/mol. The van der Waals surface area contributed by atoms with E-state index in [-0.39, 0.29) is 0 Å². The Labute approximate surface area is 230 Å². The molecule has 0 spiro atoms. The number of benzene rings is 2. The maximum atomic E-state index is 10.4. The van der Waals surface area contributed by atoms with Crippen LogP contribution < -0.4 is 0 Å². The smallest absolute Gasteiger partial charge is 0.0991 e. The lowest BCUT2D eigenvalue weighted by Gasteiger charge is -2.11. The minimum absolute atomic E-state index is 0.524. The van der Waals surface area contributed by atoms with Crippen LogP contribution in [0.25, 0.3) is 11.6 Å². The number of hydrogen-bond acceptors (Lipinski definition) is 3. The Balaban J connectivity index is 2.13. The van der Waals surface area contributed by atoms with Crippen molar-refractivity contribution in [2.45, 2.75) is 65.4 Å². The van der Waals surface area contributed by atoms with Gasteiger partial charge < -0.3 is 5.11 Å². The molecule has 2 rings (SSSR count). The number of nitriles is 1. The van der Waals surface area contributed by atoms with Crippen molar-refractivity contribution in [2.75, 3.05) is 7.05 Å². The summed E-state index contributed by atoms with van der Waals surface area (Å²) in [5, 5.41) is 19.9. The molecule has 1 atom stereocenters. The fourth-order valence-electron chi connectivity index (χ4n) is 4.18. The van der Waals surface area contributed by atoms with Gasteiger partial charge in [-0.3, -0.25) is 4.99 Å². The predicted octanol–water partition coefficient (Wildman–Crippen LogP) is 8.68. The zero-order chi connectivity index (χ0) is 27.8. The van der Waals surface area contributed by atoms with Crippen LogP contribution in [0.5, 0.6) is 0 Å². The number of hydrogen-bond donors (Lipinski definition) is 1. The van der Waals surface area contributed by atoms with Gasteiger partial charge in [-0.05, 0) is 99.3 Å². The summed E-state index contributed by atoms with van der Waals surface area (Å²) in [4.78, 5) is 4.08. The molecule has 0 heterocycles. The number of aliphatic hydroxyl groups is 1. The van der Waals surface area contributed by atoms with Crippen molar-refractivity contribution in [3.05, 3.63) is 118 Å². The number of aliphatic imine (C=N–C) groups is 1. The van der Waals surface area contributed by atoms with E-state index in [2.05, 4.69) is 86.1 Å². The quantitative estimate of drug-likeness (QED) is 0.158. The molecule has 0 bridgehead atoms. The first kappa shape index (κ1) is 30.5. The molecule has 0 aliphatic carbocycles. The molecule has 0 saturated heterocycles. The fraction of sp³-hybridized carbons (Fsp3) is 0.314. The normalized spacial score (nSPS) is 13.1. The van der Waals surface area contributed by atoms with Crippen LogP contribution in [0.1, 0.15) is 75.1 Å². The molecule has 1 unspecified atom stereocenters. The molecule has 0 saturated carbocycles. The third kappa shape index (κ3) is 11.1. The van der Waals surface area contributed by atoms with Crippen molar-refractivity contribution in [3.63, 3.8) is 0 Å². The Hall–Kier alpha value is -3.74. The third-order valence-electron chi connectivity index (χ3n) is 6.18. The topological polar surface area (TPSA) is 56.4 Å². The van der Waals surface area contributed by atoms with E-state index in [1.165, 1.54) is 22.3 Å². The number of nitrogens with zero attached hydrogens (tertiary/aromatic N) is 2. The number of allylic oxidation sites excluding steroid dienone is 6. The van der Waals surface area contributed by atoms with Crippen LogP contribution in [0.4, 0.5) is 0 Å². The van der Waals surface area contributed by atoms with Gasteiger partial charge in [-0.1, -0.05) is 77.9 Å². The monoisotopic (exact) mass is 506 g/mol. The molecule has 2 aromatic rings. The van der Waals surface area contributed by atoms with Gasteiger partial charge >= 0.3 is 0 Å². The molecule has 0 radical (unpaired) electrons. The van der Waals surface area contributed by atoms with Crippen molar-refractivity contribution in [2.24, 2.45) is 4.99 Å². The number of aliphatic hydroxyl groups excluding tert-OH is 1. The zero-order valence-corrected chi connectivity index (χ0v) is 23.5. The SMILES string of the molecule is C=C(C)CC(O)C(/C=N\C)=C/C/C=C/c1ccc(C#N)cc1CCC/C=C(\CC=C(C)C)c1ccccc1. The van der Waals surface area contributed by atoms with Crippen molar-refractivity contribution < 1.29 is 5.11 Å². The van der Waals surface area contributed by atoms with Crippen molar-refractivity contribution in [1.29, 1.82) is 5.26 Å². The average Bonchev–Trinajstić information content (AvgIpc) is 2.90. The summed E-state index contributed by atoms with van der Waals surface area (Å²) in [5.74, 6) is 0. The number of rotatable bonds is 14. The predicted molar refractivity (Wildman–Crippen MR) is 164 cm³/mol. The van der Waals surface area contributed by atoms with Gasteiger partial charge in [-0.25, -0.2) is 0 Å². The second-order valence-electron chi connectivity index (χ2n) is 9.91. The van der Waals surface area contributed by atoms with Gasteiger partial charge in [0.1, 0.15) is 0 Å². The third-order valence-corrected chi connectivity index (χ3v) is 6.18. The lowest BCUT2D eigenvalue weighted by molar-refractivity contribution is 0.217. The largest absolute Gasteiger partial charge is 0.388 e. The molecule has 0 amide bonds. The average molecular weight is 507 g/mol. The van der Waals surface area contributed by atoms with E-state index < -0.39 is 6.10 Å². The molecule has 3 heteroatoms. The molecular formula is C35H42N2O. The standard InChI is InChI=1S/C35H42N2O/c1-27(2)19-21-31(30-13-7-6-8-14-30)15-9-11-17-33-24-29(25-36)20-22-32(33)16-10-12-18-34(26-37-5)35(38)23-28(3)4/h6-8,10,13-16,18-20,22,24,26,35,38H,3,9,11-12,17,21,23H2,1-2,4-5H3/b16-10+,31-15+,34-18+,37-26-. The fourth-order valence-corrected chi connectivity index (χ4v) is 4.18. The minimum atomic E-state index is -0.597. The van der Waals surface area contributed by atoms with Gasteiger partial charge in [0, 0.05) is 13.3 Å². The van der Waals surface area contributed by atoms with Gasteiger partial charge in [0.15, 0.2) is 0 Å². The summed E-state index contributed by atoms with van der Waals surface area (Å²) < 4.78 is 0. The van der Waals surface area contributed by atoms with Gasteiger partial charge in [-0.15, -0.1) is 6.58 Å². The molecule has 0 aliphatic heterocycles. The van der Waals surface area contributed by atoms with Crippen LogP contribution in [0.15, 0.2) is 101 Å². The summed E-state index contributed by atoms with van der Waals surface area (Å²) in [5.41, 5.74) is 8.68. The van der Waals surface area contributed by atoms with Crippen molar-refractivity contribution >= 4 is 17.9 Å². The van der Waals surface area contributed by atoms with Gasteiger partial charge in [0.25, 0.3) is 0 Å². The van der Waals surface area contributed by atoms with Gasteiger partial charge in [-0.2, -0.15) is 5.26 Å². The molecule has 2 aromatic carbocycles. The molecule has 0 aromatic heterocycles. The highest BCUT2D eigenvalue weighted by molar-refractivity contribution is 5.79. The minimum Gasteiger partial charge on any atom is -0.388 e. The first-order valence-electron chi connectivity index (χ1n) is 13.4. The second-order valence-corrected chi connectivity index (χ2v) is 9.91. The summed E-state index contributed by atoms with van der Waals surface area (Å²) >= 11 is 0. The van der Waals surface area contributed by atoms with Crippen molar-refractivity contribution in [1.82, 2.24) is 0 Å². The first-order valence-corrected chi connectivity index (χ1v) is 13.4. The Morgan fingerprint density at radius 3 is 2.50 bits per heavy atom. The van der Waals surface area contributed by atoms with E-state index in [9.17, 15) is 10.4 Å². The van der Waals surface area contributed by atoms with Crippen LogP contribution in [0, 0.1) is 11.3 Å². The van der Waals surface area contributed by atoms with E-state index in [0.29, 0.717) is 18.4 Å². The summed E-state index contributed by atoms with van der Waals surface area (Å²) in [6.07, 6.45) is 17.0. The Bertz CT molecular complexity index is 1230. The Morgan fingerprint density at radius 1 is 1.08 bits per heavy atom. The summed E-state index contributed by atoms with van der Waals surface area (Å²) in [6, 6.07) is 18.8. The highest BCUT2D eigenvalue weighted by Gasteiger charge is 2.08. The number of unbranched alkanes of at least 4 members (excludes halogenated alkanes) is 1.